The molecule has 0 aliphatic heterocycles. The predicted molar refractivity (Wildman–Crippen MR) is 115 cm³/mol. The molecule has 1 fully saturated rings. The molecule has 1 nitrogen and oxygen atoms in total. The minimum absolute atomic E-state index is 0.784. The molecule has 0 amide bonds. The molecule has 2 heteroatoms. The number of isothiocyanates is 1. The summed E-state index contributed by atoms with van der Waals surface area (Å²) in [4.78, 5) is 4.00. The third-order valence-electron chi connectivity index (χ3n) is 5.81. The lowest BCUT2D eigenvalue weighted by Gasteiger charge is -2.28. The van der Waals surface area contributed by atoms with Gasteiger partial charge in [0.15, 0.2) is 0 Å². The van der Waals surface area contributed by atoms with Gasteiger partial charge in [0.25, 0.3) is 0 Å². The summed E-state index contributed by atoms with van der Waals surface area (Å²) >= 11 is 4.64. The zero-order valence-electron chi connectivity index (χ0n) is 15.8. The molecule has 0 bridgehead atoms. The van der Waals surface area contributed by atoms with Gasteiger partial charge in [-0.15, -0.1) is 0 Å². The maximum absolute atomic E-state index is 4.64. The molecule has 1 saturated carbocycles. The van der Waals surface area contributed by atoms with Crippen LogP contribution in [0, 0.1) is 5.92 Å². The van der Waals surface area contributed by atoms with Gasteiger partial charge in [0.2, 0.25) is 0 Å². The Morgan fingerprint density at radius 1 is 0.885 bits per heavy atom. The van der Waals surface area contributed by atoms with Crippen molar-refractivity contribution in [2.45, 2.75) is 64.2 Å². The lowest BCUT2D eigenvalue weighted by atomic mass is 9.77. The quantitative estimate of drug-likeness (QED) is 0.372. The largest absolute Gasteiger partial charge is 0.195 e. The first-order chi connectivity index (χ1) is 12.8. The van der Waals surface area contributed by atoms with Gasteiger partial charge in [-0.25, -0.2) is 0 Å². The standard InChI is InChI=1S/C24H29NS/c1-2-3-19-6-12-22(13-7-19)23-14-8-20(9-15-23)4-5-21-10-16-24(17-11-21)25-18-26/h8-11,14-17,19,22H,2-7,12-13H2,1H3/t19-,22-. The van der Waals surface area contributed by atoms with Crippen molar-refractivity contribution in [2.24, 2.45) is 10.9 Å². The van der Waals surface area contributed by atoms with Crippen LogP contribution in [-0.4, -0.2) is 5.16 Å². The average Bonchev–Trinajstić information content (AvgIpc) is 2.69. The van der Waals surface area contributed by atoms with Crippen molar-refractivity contribution in [1.82, 2.24) is 0 Å². The predicted octanol–water partition coefficient (Wildman–Crippen LogP) is 7.28. The summed E-state index contributed by atoms with van der Waals surface area (Å²) in [6.07, 6.45) is 10.5. The third kappa shape index (κ3) is 5.37. The van der Waals surface area contributed by atoms with E-state index in [1.54, 1.807) is 5.56 Å². The van der Waals surface area contributed by atoms with Crippen LogP contribution < -0.4 is 0 Å². The Bertz CT molecular complexity index is 718. The molecule has 0 unspecified atom stereocenters. The van der Waals surface area contributed by atoms with E-state index in [1.165, 1.54) is 49.7 Å². The Morgan fingerprint density at radius 3 is 2.00 bits per heavy atom. The van der Waals surface area contributed by atoms with Gasteiger partial charge in [-0.05, 0) is 91.4 Å². The first kappa shape index (κ1) is 19.0. The molecule has 0 aromatic heterocycles. The molecule has 0 radical (unpaired) electrons. The van der Waals surface area contributed by atoms with Crippen molar-refractivity contribution in [3.05, 3.63) is 65.2 Å². The summed E-state index contributed by atoms with van der Waals surface area (Å²) < 4.78 is 0. The molecule has 26 heavy (non-hydrogen) atoms. The van der Waals surface area contributed by atoms with E-state index in [2.05, 4.69) is 65.7 Å². The molecule has 0 saturated heterocycles. The SMILES string of the molecule is CCC[C@H]1CC[C@H](c2ccc(CCc3ccc(N=C=S)cc3)cc2)CC1. The van der Waals surface area contributed by atoms with Gasteiger partial charge in [-0.2, -0.15) is 4.99 Å². The van der Waals surface area contributed by atoms with Crippen LogP contribution in [0.4, 0.5) is 5.69 Å². The van der Waals surface area contributed by atoms with E-state index in [9.17, 15) is 0 Å². The normalized spacial score (nSPS) is 19.7. The van der Waals surface area contributed by atoms with Crippen molar-refractivity contribution in [1.29, 1.82) is 0 Å². The van der Waals surface area contributed by atoms with Gasteiger partial charge < -0.3 is 0 Å². The first-order valence-electron chi connectivity index (χ1n) is 10.0. The molecular formula is C24H29NS. The second kappa shape index (κ2) is 9.80. The van der Waals surface area contributed by atoms with E-state index in [0.717, 1.165) is 30.4 Å². The molecule has 2 aromatic carbocycles. The fourth-order valence-electron chi connectivity index (χ4n) is 4.23. The van der Waals surface area contributed by atoms with E-state index in [0.29, 0.717) is 0 Å². The number of nitrogens with zero attached hydrogens (tertiary/aromatic N) is 1. The first-order valence-corrected chi connectivity index (χ1v) is 10.4. The maximum atomic E-state index is 4.64. The second-order valence-corrected chi connectivity index (χ2v) is 7.80. The van der Waals surface area contributed by atoms with Gasteiger partial charge in [0.05, 0.1) is 10.8 Å². The van der Waals surface area contributed by atoms with Crippen molar-refractivity contribution < 1.29 is 0 Å². The van der Waals surface area contributed by atoms with Gasteiger partial charge in [0.1, 0.15) is 0 Å². The summed E-state index contributed by atoms with van der Waals surface area (Å²) in [5.74, 6) is 1.77. The van der Waals surface area contributed by atoms with Crippen molar-refractivity contribution >= 4 is 23.1 Å². The number of aliphatic imine (C=N–C) groups is 1. The minimum atomic E-state index is 0.784. The van der Waals surface area contributed by atoms with E-state index in [4.69, 9.17) is 0 Å². The summed E-state index contributed by atoms with van der Waals surface area (Å²) in [5.41, 5.74) is 5.19. The summed E-state index contributed by atoms with van der Waals surface area (Å²) in [6, 6.07) is 17.7. The number of hydrogen-bond acceptors (Lipinski definition) is 2. The summed E-state index contributed by atoms with van der Waals surface area (Å²) in [7, 11) is 0. The topological polar surface area (TPSA) is 12.4 Å². The molecule has 0 heterocycles. The fraction of sp³-hybridized carbons (Fsp3) is 0.458. The number of thiocarbonyl (C=S) groups is 1. The molecule has 136 valence electrons. The Balaban J connectivity index is 1.51. The molecular weight excluding hydrogens is 334 g/mol. The van der Waals surface area contributed by atoms with Crippen molar-refractivity contribution in [2.75, 3.05) is 0 Å². The zero-order valence-corrected chi connectivity index (χ0v) is 16.6. The molecule has 1 aliphatic rings. The molecule has 2 aromatic rings. The summed E-state index contributed by atoms with van der Waals surface area (Å²) in [6.45, 7) is 2.31. The Labute approximate surface area is 163 Å². The average molecular weight is 364 g/mol. The number of hydrogen-bond donors (Lipinski definition) is 0. The van der Waals surface area contributed by atoms with Gasteiger partial charge >= 0.3 is 0 Å². The van der Waals surface area contributed by atoms with Crippen LogP contribution in [0.5, 0.6) is 0 Å². The smallest absolute Gasteiger partial charge is 0.0739 e. The van der Waals surface area contributed by atoms with Crippen LogP contribution in [0.25, 0.3) is 0 Å². The van der Waals surface area contributed by atoms with E-state index in [-0.39, 0.29) is 0 Å². The van der Waals surface area contributed by atoms with Gasteiger partial charge in [-0.3, -0.25) is 0 Å². The number of benzene rings is 2. The molecule has 1 aliphatic carbocycles. The van der Waals surface area contributed by atoms with Crippen LogP contribution >= 0.6 is 12.2 Å². The van der Waals surface area contributed by atoms with E-state index >= 15 is 0 Å². The van der Waals surface area contributed by atoms with Gasteiger partial charge in [0, 0.05) is 0 Å². The minimum Gasteiger partial charge on any atom is -0.195 e. The Hall–Kier alpha value is -1.76. The molecule has 0 spiro atoms. The zero-order chi connectivity index (χ0) is 18.2. The third-order valence-corrected chi connectivity index (χ3v) is 5.90. The van der Waals surface area contributed by atoms with Crippen LogP contribution in [0.2, 0.25) is 0 Å². The highest BCUT2D eigenvalue weighted by Gasteiger charge is 2.21. The molecule has 0 N–H and O–H groups in total. The number of aryl methyl sites for hydroxylation is 2. The Kier molecular flexibility index (Phi) is 7.17. The van der Waals surface area contributed by atoms with E-state index < -0.39 is 0 Å². The fourth-order valence-corrected chi connectivity index (χ4v) is 4.33. The lowest BCUT2D eigenvalue weighted by molar-refractivity contribution is 0.308. The lowest BCUT2D eigenvalue weighted by Crippen LogP contribution is -2.13. The van der Waals surface area contributed by atoms with Crippen molar-refractivity contribution in [3.8, 4) is 0 Å². The van der Waals surface area contributed by atoms with Crippen LogP contribution in [0.15, 0.2) is 53.5 Å². The second-order valence-electron chi connectivity index (χ2n) is 7.62. The highest BCUT2D eigenvalue weighted by atomic mass is 32.1. The number of rotatable bonds is 7. The molecule has 0 atom stereocenters. The highest BCUT2D eigenvalue weighted by molar-refractivity contribution is 7.78. The Morgan fingerprint density at radius 2 is 1.46 bits per heavy atom. The van der Waals surface area contributed by atoms with Crippen LogP contribution in [0.1, 0.15) is 68.1 Å². The molecule has 3 rings (SSSR count). The van der Waals surface area contributed by atoms with Crippen LogP contribution in [-0.2, 0) is 12.8 Å². The van der Waals surface area contributed by atoms with Gasteiger partial charge in [-0.1, -0.05) is 56.2 Å². The van der Waals surface area contributed by atoms with E-state index in [1.807, 2.05) is 12.1 Å². The monoisotopic (exact) mass is 363 g/mol. The highest BCUT2D eigenvalue weighted by Crippen LogP contribution is 2.37. The maximum Gasteiger partial charge on any atom is 0.0739 e. The van der Waals surface area contributed by atoms with Crippen molar-refractivity contribution in [3.63, 3.8) is 0 Å². The summed E-state index contributed by atoms with van der Waals surface area (Å²) in [5, 5.41) is 2.41. The van der Waals surface area contributed by atoms with Crippen LogP contribution in [0.3, 0.4) is 0 Å².